The van der Waals surface area contributed by atoms with Crippen molar-refractivity contribution in [1.82, 2.24) is 9.80 Å². The van der Waals surface area contributed by atoms with Gasteiger partial charge in [0.2, 0.25) is 5.91 Å². The van der Waals surface area contributed by atoms with Crippen molar-refractivity contribution in [3.63, 3.8) is 0 Å². The number of aryl methyl sites for hydroxylation is 1. The van der Waals surface area contributed by atoms with Crippen molar-refractivity contribution in [2.24, 2.45) is 0 Å². The summed E-state index contributed by atoms with van der Waals surface area (Å²) >= 11 is 6.14. The minimum atomic E-state index is -0.263. The van der Waals surface area contributed by atoms with E-state index in [-0.39, 0.29) is 11.7 Å². The van der Waals surface area contributed by atoms with Gasteiger partial charge in [-0.1, -0.05) is 29.8 Å². The maximum Gasteiger partial charge on any atom is 0.236 e. The number of nitrogens with zero attached hydrogens (tertiary/aromatic N) is 3. The summed E-state index contributed by atoms with van der Waals surface area (Å²) in [6.45, 7) is 6.39. The zero-order valence-corrected chi connectivity index (χ0v) is 16.5. The molecule has 0 bridgehead atoms. The Balaban J connectivity index is 1.50. The van der Waals surface area contributed by atoms with Gasteiger partial charge >= 0.3 is 0 Å². The van der Waals surface area contributed by atoms with Crippen LogP contribution in [0.4, 0.5) is 10.1 Å². The number of piperazine rings is 1. The fraction of sp³-hybridized carbons (Fsp3) is 0.381. The Labute approximate surface area is 165 Å². The van der Waals surface area contributed by atoms with Crippen LogP contribution in [0.25, 0.3) is 0 Å². The molecule has 1 saturated heterocycles. The third-order valence-corrected chi connectivity index (χ3v) is 5.24. The van der Waals surface area contributed by atoms with E-state index in [0.717, 1.165) is 36.8 Å². The first-order chi connectivity index (χ1) is 12.9. The number of hydrogen-bond donors (Lipinski definition) is 0. The second-order valence-corrected chi connectivity index (χ2v) is 7.51. The zero-order valence-electron chi connectivity index (χ0n) is 15.8. The van der Waals surface area contributed by atoms with Crippen molar-refractivity contribution in [2.75, 3.05) is 44.7 Å². The fourth-order valence-electron chi connectivity index (χ4n) is 3.33. The Bertz CT molecular complexity index is 789. The van der Waals surface area contributed by atoms with Crippen LogP contribution in [0, 0.1) is 12.7 Å². The van der Waals surface area contributed by atoms with Gasteiger partial charge in [-0.3, -0.25) is 9.69 Å². The number of likely N-dealkylation sites (N-methyl/N-ethyl adjacent to an activating group) is 1. The molecule has 6 heteroatoms. The van der Waals surface area contributed by atoms with Crippen LogP contribution in [0.1, 0.15) is 11.1 Å². The molecule has 0 aliphatic carbocycles. The lowest BCUT2D eigenvalue weighted by atomic mass is 10.1. The fourth-order valence-corrected chi connectivity index (χ4v) is 3.50. The lowest BCUT2D eigenvalue weighted by Gasteiger charge is -2.37. The molecule has 144 valence electrons. The Morgan fingerprint density at radius 3 is 2.44 bits per heavy atom. The number of hydrogen-bond acceptors (Lipinski definition) is 3. The molecule has 1 aliphatic heterocycles. The molecule has 27 heavy (non-hydrogen) atoms. The molecule has 3 rings (SSSR count). The van der Waals surface area contributed by atoms with Crippen LogP contribution >= 0.6 is 11.6 Å². The van der Waals surface area contributed by atoms with Crippen molar-refractivity contribution in [2.45, 2.75) is 13.5 Å². The average Bonchev–Trinajstić information content (AvgIpc) is 2.66. The van der Waals surface area contributed by atoms with Crippen LogP contribution in [0.5, 0.6) is 0 Å². The van der Waals surface area contributed by atoms with Crippen molar-refractivity contribution < 1.29 is 9.18 Å². The summed E-state index contributed by atoms with van der Waals surface area (Å²) in [5, 5.41) is 0.746. The lowest BCUT2D eigenvalue weighted by Crippen LogP contribution is -2.49. The van der Waals surface area contributed by atoms with Crippen molar-refractivity contribution in [1.29, 1.82) is 0 Å². The average molecular weight is 390 g/mol. The zero-order chi connectivity index (χ0) is 19.4. The predicted octanol–water partition coefficient (Wildman–Crippen LogP) is 3.57. The Morgan fingerprint density at radius 1 is 1.11 bits per heavy atom. The molecule has 1 amide bonds. The summed E-state index contributed by atoms with van der Waals surface area (Å²) < 4.78 is 13.0. The van der Waals surface area contributed by atoms with Crippen LogP contribution in [0.15, 0.2) is 42.5 Å². The van der Waals surface area contributed by atoms with Gasteiger partial charge in [0.05, 0.1) is 6.54 Å². The van der Waals surface area contributed by atoms with E-state index in [1.54, 1.807) is 24.1 Å². The topological polar surface area (TPSA) is 26.8 Å². The highest BCUT2D eigenvalue weighted by atomic mass is 35.5. The third kappa shape index (κ3) is 5.21. The summed E-state index contributed by atoms with van der Waals surface area (Å²) in [6.07, 6.45) is 0. The highest BCUT2D eigenvalue weighted by Crippen LogP contribution is 2.25. The summed E-state index contributed by atoms with van der Waals surface area (Å²) in [5.41, 5.74) is 3.30. The molecular weight excluding hydrogens is 365 g/mol. The second kappa shape index (κ2) is 8.72. The van der Waals surface area contributed by atoms with Gasteiger partial charge in [0.15, 0.2) is 0 Å². The predicted molar refractivity (Wildman–Crippen MR) is 108 cm³/mol. The molecule has 0 unspecified atom stereocenters. The number of rotatable bonds is 5. The molecule has 1 fully saturated rings. The summed E-state index contributed by atoms with van der Waals surface area (Å²) in [6, 6.07) is 12.2. The van der Waals surface area contributed by atoms with Crippen LogP contribution in [-0.2, 0) is 11.3 Å². The minimum Gasteiger partial charge on any atom is -0.369 e. The van der Waals surface area contributed by atoms with Gasteiger partial charge in [-0.05, 0) is 42.3 Å². The van der Waals surface area contributed by atoms with E-state index in [1.807, 2.05) is 18.2 Å². The molecule has 0 N–H and O–H groups in total. The van der Waals surface area contributed by atoms with E-state index in [9.17, 15) is 9.18 Å². The molecule has 0 radical (unpaired) electrons. The number of carbonyl (C=O) groups is 1. The van der Waals surface area contributed by atoms with E-state index in [4.69, 9.17) is 11.6 Å². The lowest BCUT2D eigenvalue weighted by molar-refractivity contribution is -0.131. The van der Waals surface area contributed by atoms with Gasteiger partial charge < -0.3 is 9.80 Å². The molecule has 0 aromatic heterocycles. The maximum atomic E-state index is 13.0. The third-order valence-electron chi connectivity index (χ3n) is 5.00. The molecule has 2 aromatic rings. The normalized spacial score (nSPS) is 15.0. The Kier molecular flexibility index (Phi) is 6.34. The molecule has 0 saturated carbocycles. The molecule has 1 aliphatic rings. The molecule has 0 spiro atoms. The van der Waals surface area contributed by atoms with Crippen LogP contribution in [-0.4, -0.2) is 55.5 Å². The quantitative estimate of drug-likeness (QED) is 0.782. The molecule has 4 nitrogen and oxygen atoms in total. The van der Waals surface area contributed by atoms with Crippen molar-refractivity contribution in [3.8, 4) is 0 Å². The molecular formula is C21H25ClFN3O. The van der Waals surface area contributed by atoms with Gasteiger partial charge in [0.1, 0.15) is 5.82 Å². The van der Waals surface area contributed by atoms with E-state index in [2.05, 4.69) is 16.7 Å². The van der Waals surface area contributed by atoms with Gasteiger partial charge in [-0.25, -0.2) is 4.39 Å². The molecule has 0 atom stereocenters. The first-order valence-corrected chi connectivity index (χ1v) is 9.52. The standard InChI is InChI=1S/C21H25ClFN3O/c1-16-3-6-18(22)13-20(16)26-11-9-25(10-12-26)15-21(27)24(2)14-17-4-7-19(23)8-5-17/h3-8,13H,9-12,14-15H2,1-2H3. The summed E-state index contributed by atoms with van der Waals surface area (Å²) in [4.78, 5) is 18.7. The SMILES string of the molecule is Cc1ccc(Cl)cc1N1CCN(CC(=O)N(C)Cc2ccc(F)cc2)CC1. The summed E-state index contributed by atoms with van der Waals surface area (Å²) in [5.74, 6) is -0.188. The van der Waals surface area contributed by atoms with Gasteiger partial charge in [-0.2, -0.15) is 0 Å². The van der Waals surface area contributed by atoms with Gasteiger partial charge in [0, 0.05) is 50.5 Å². The minimum absolute atomic E-state index is 0.0757. The van der Waals surface area contributed by atoms with Crippen LogP contribution in [0.3, 0.4) is 0 Å². The number of halogens is 2. The van der Waals surface area contributed by atoms with Gasteiger partial charge in [0.25, 0.3) is 0 Å². The monoisotopic (exact) mass is 389 g/mol. The van der Waals surface area contributed by atoms with Crippen molar-refractivity contribution in [3.05, 3.63) is 64.4 Å². The Hall–Kier alpha value is -2.11. The smallest absolute Gasteiger partial charge is 0.236 e. The number of anilines is 1. The summed E-state index contributed by atoms with van der Waals surface area (Å²) in [7, 11) is 1.79. The van der Waals surface area contributed by atoms with Crippen LogP contribution < -0.4 is 4.90 Å². The first-order valence-electron chi connectivity index (χ1n) is 9.14. The van der Waals surface area contributed by atoms with E-state index >= 15 is 0 Å². The highest BCUT2D eigenvalue weighted by molar-refractivity contribution is 6.30. The number of benzene rings is 2. The number of amides is 1. The first kappa shape index (κ1) is 19.6. The van der Waals surface area contributed by atoms with Crippen LogP contribution in [0.2, 0.25) is 5.02 Å². The molecule has 1 heterocycles. The number of carbonyl (C=O) groups excluding carboxylic acids is 1. The maximum absolute atomic E-state index is 13.0. The van der Waals surface area contributed by atoms with E-state index in [0.29, 0.717) is 13.1 Å². The van der Waals surface area contributed by atoms with E-state index in [1.165, 1.54) is 23.4 Å². The largest absolute Gasteiger partial charge is 0.369 e. The molecule has 2 aromatic carbocycles. The second-order valence-electron chi connectivity index (χ2n) is 7.07. The van der Waals surface area contributed by atoms with Crippen molar-refractivity contribution >= 4 is 23.2 Å². The van der Waals surface area contributed by atoms with Gasteiger partial charge in [-0.15, -0.1) is 0 Å². The Morgan fingerprint density at radius 2 is 1.78 bits per heavy atom. The highest BCUT2D eigenvalue weighted by Gasteiger charge is 2.21. The van der Waals surface area contributed by atoms with E-state index < -0.39 is 0 Å².